The summed E-state index contributed by atoms with van der Waals surface area (Å²) in [6.45, 7) is 4.41. The second-order valence-electron chi connectivity index (χ2n) is 6.02. The Balaban J connectivity index is 1.86. The van der Waals surface area contributed by atoms with Gasteiger partial charge in [0.25, 0.3) is 0 Å². The maximum absolute atomic E-state index is 4.47. The van der Waals surface area contributed by atoms with Gasteiger partial charge >= 0.3 is 0 Å². The van der Waals surface area contributed by atoms with Crippen LogP contribution in [0.25, 0.3) is 0 Å². The van der Waals surface area contributed by atoms with E-state index in [1.54, 1.807) is 0 Å². The van der Waals surface area contributed by atoms with Crippen LogP contribution in [-0.2, 0) is 12.8 Å². The van der Waals surface area contributed by atoms with Crippen LogP contribution in [-0.4, -0.2) is 4.98 Å². The summed E-state index contributed by atoms with van der Waals surface area (Å²) in [4.78, 5) is 4.47. The summed E-state index contributed by atoms with van der Waals surface area (Å²) in [5, 5.41) is 0. The minimum absolute atomic E-state index is 0.847. The largest absolute Gasteiger partial charge is 0.248 e. The standard InChI is InChI=1S/C22H27N/c1-3-5-6-7-8-9-21-15-17-22(23-18-21)16-14-20-12-10-19(4-2)11-13-20/h10-13,15,17-18H,3-9H2,1-2H3. The molecular weight excluding hydrogens is 278 g/mol. The number of rotatable bonds is 7. The van der Waals surface area contributed by atoms with Gasteiger partial charge in [-0.3, -0.25) is 0 Å². The lowest BCUT2D eigenvalue weighted by Crippen LogP contribution is -1.89. The minimum Gasteiger partial charge on any atom is -0.248 e. The Morgan fingerprint density at radius 1 is 0.783 bits per heavy atom. The Morgan fingerprint density at radius 3 is 2.17 bits per heavy atom. The first-order valence-corrected chi connectivity index (χ1v) is 8.87. The number of hydrogen-bond donors (Lipinski definition) is 0. The lowest BCUT2D eigenvalue weighted by Gasteiger charge is -2.01. The van der Waals surface area contributed by atoms with E-state index in [4.69, 9.17) is 0 Å². The third-order valence-corrected chi connectivity index (χ3v) is 4.09. The molecule has 0 N–H and O–H groups in total. The first-order chi connectivity index (χ1) is 11.3. The predicted octanol–water partition coefficient (Wildman–Crippen LogP) is 5.56. The van der Waals surface area contributed by atoms with Gasteiger partial charge in [-0.05, 0) is 54.5 Å². The molecule has 2 rings (SSSR count). The zero-order valence-electron chi connectivity index (χ0n) is 14.4. The van der Waals surface area contributed by atoms with Gasteiger partial charge < -0.3 is 0 Å². The Hall–Kier alpha value is -2.07. The number of unbranched alkanes of at least 4 members (excludes halogenated alkanes) is 4. The number of benzene rings is 1. The van der Waals surface area contributed by atoms with E-state index in [1.807, 2.05) is 12.3 Å². The Morgan fingerprint density at radius 2 is 1.52 bits per heavy atom. The third-order valence-electron chi connectivity index (χ3n) is 4.09. The van der Waals surface area contributed by atoms with E-state index in [1.165, 1.54) is 43.2 Å². The predicted molar refractivity (Wildman–Crippen MR) is 98.5 cm³/mol. The van der Waals surface area contributed by atoms with Gasteiger partial charge in [-0.25, -0.2) is 4.98 Å². The van der Waals surface area contributed by atoms with E-state index in [9.17, 15) is 0 Å². The summed E-state index contributed by atoms with van der Waals surface area (Å²) < 4.78 is 0. The van der Waals surface area contributed by atoms with Crippen LogP contribution in [0.1, 0.15) is 68.3 Å². The first-order valence-electron chi connectivity index (χ1n) is 8.87. The monoisotopic (exact) mass is 305 g/mol. The molecule has 0 bridgehead atoms. The lowest BCUT2D eigenvalue weighted by atomic mass is 10.1. The highest BCUT2D eigenvalue weighted by Crippen LogP contribution is 2.09. The number of pyridine rings is 1. The molecule has 0 saturated heterocycles. The van der Waals surface area contributed by atoms with Gasteiger partial charge in [0.1, 0.15) is 5.69 Å². The van der Waals surface area contributed by atoms with E-state index >= 15 is 0 Å². The van der Waals surface area contributed by atoms with Crippen LogP contribution >= 0.6 is 0 Å². The van der Waals surface area contributed by atoms with Gasteiger partial charge in [-0.15, -0.1) is 0 Å². The smallest absolute Gasteiger partial charge is 0.113 e. The average molecular weight is 305 g/mol. The number of aryl methyl sites for hydroxylation is 2. The molecule has 1 heteroatoms. The van der Waals surface area contributed by atoms with Gasteiger partial charge in [-0.2, -0.15) is 0 Å². The summed E-state index contributed by atoms with van der Waals surface area (Å²) in [7, 11) is 0. The Kier molecular flexibility index (Phi) is 7.40. The van der Waals surface area contributed by atoms with Crippen LogP contribution in [0, 0.1) is 11.8 Å². The molecule has 1 heterocycles. The highest BCUT2D eigenvalue weighted by molar-refractivity contribution is 5.41. The highest BCUT2D eigenvalue weighted by atomic mass is 14.7. The first kappa shape index (κ1) is 17.3. The summed E-state index contributed by atoms with van der Waals surface area (Å²) in [6, 6.07) is 12.6. The van der Waals surface area contributed by atoms with Gasteiger partial charge in [0, 0.05) is 11.8 Å². The zero-order chi connectivity index (χ0) is 16.3. The molecule has 0 atom stereocenters. The lowest BCUT2D eigenvalue weighted by molar-refractivity contribution is 0.631. The second kappa shape index (κ2) is 9.85. The molecule has 1 aromatic carbocycles. The molecule has 0 aliphatic rings. The summed E-state index contributed by atoms with van der Waals surface area (Å²) in [5.74, 6) is 6.33. The van der Waals surface area contributed by atoms with Gasteiger partial charge in [0.15, 0.2) is 0 Å². The van der Waals surface area contributed by atoms with E-state index in [2.05, 4.69) is 61.0 Å². The van der Waals surface area contributed by atoms with Crippen LogP contribution in [0.5, 0.6) is 0 Å². The maximum Gasteiger partial charge on any atom is 0.113 e. The van der Waals surface area contributed by atoms with Crippen LogP contribution < -0.4 is 0 Å². The fraction of sp³-hybridized carbons (Fsp3) is 0.409. The quantitative estimate of drug-likeness (QED) is 0.482. The van der Waals surface area contributed by atoms with Gasteiger partial charge in [-0.1, -0.05) is 63.7 Å². The van der Waals surface area contributed by atoms with Crippen molar-refractivity contribution < 1.29 is 0 Å². The van der Waals surface area contributed by atoms with Gasteiger partial charge in [0.05, 0.1) is 0 Å². The van der Waals surface area contributed by atoms with E-state index < -0.39 is 0 Å². The van der Waals surface area contributed by atoms with Crippen LogP contribution in [0.2, 0.25) is 0 Å². The van der Waals surface area contributed by atoms with Crippen molar-refractivity contribution in [3.8, 4) is 11.8 Å². The Bertz CT molecular complexity index is 626. The topological polar surface area (TPSA) is 12.9 Å². The van der Waals surface area contributed by atoms with Crippen molar-refractivity contribution in [2.75, 3.05) is 0 Å². The molecule has 0 amide bonds. The van der Waals surface area contributed by atoms with Crippen molar-refractivity contribution in [1.82, 2.24) is 4.98 Å². The van der Waals surface area contributed by atoms with Crippen molar-refractivity contribution in [1.29, 1.82) is 0 Å². The second-order valence-corrected chi connectivity index (χ2v) is 6.02. The molecule has 1 aromatic heterocycles. The third kappa shape index (κ3) is 6.28. The van der Waals surface area contributed by atoms with Gasteiger partial charge in [0.2, 0.25) is 0 Å². The SMILES string of the molecule is CCCCCCCc1ccc(C#Cc2ccc(CC)cc2)nc1. The van der Waals surface area contributed by atoms with Crippen molar-refractivity contribution in [3.63, 3.8) is 0 Å². The summed E-state index contributed by atoms with van der Waals surface area (Å²) in [6.07, 6.45) is 10.8. The number of nitrogens with zero attached hydrogens (tertiary/aromatic N) is 1. The van der Waals surface area contributed by atoms with Crippen LogP contribution in [0.4, 0.5) is 0 Å². The maximum atomic E-state index is 4.47. The van der Waals surface area contributed by atoms with Crippen molar-refractivity contribution in [2.45, 2.75) is 58.8 Å². The van der Waals surface area contributed by atoms with Crippen molar-refractivity contribution in [2.24, 2.45) is 0 Å². The summed E-state index contributed by atoms with van der Waals surface area (Å²) in [5.41, 5.74) is 4.56. The molecule has 1 nitrogen and oxygen atoms in total. The molecule has 0 fully saturated rings. The van der Waals surface area contributed by atoms with Crippen LogP contribution in [0.15, 0.2) is 42.6 Å². The minimum atomic E-state index is 0.847. The van der Waals surface area contributed by atoms with E-state index in [0.717, 1.165) is 24.1 Å². The van der Waals surface area contributed by atoms with Crippen LogP contribution in [0.3, 0.4) is 0 Å². The molecule has 23 heavy (non-hydrogen) atoms. The number of aromatic nitrogens is 1. The molecule has 0 saturated carbocycles. The normalized spacial score (nSPS) is 10.2. The fourth-order valence-electron chi connectivity index (χ4n) is 2.54. The molecule has 2 aromatic rings. The Labute approximate surface area is 141 Å². The molecule has 0 spiro atoms. The zero-order valence-corrected chi connectivity index (χ0v) is 14.4. The molecule has 120 valence electrons. The van der Waals surface area contributed by atoms with Crippen molar-refractivity contribution >= 4 is 0 Å². The van der Waals surface area contributed by atoms with Crippen molar-refractivity contribution in [3.05, 3.63) is 65.0 Å². The average Bonchev–Trinajstić information content (AvgIpc) is 2.61. The highest BCUT2D eigenvalue weighted by Gasteiger charge is 1.96. The number of hydrogen-bond acceptors (Lipinski definition) is 1. The fourth-order valence-corrected chi connectivity index (χ4v) is 2.54. The molecule has 0 radical (unpaired) electrons. The van der Waals surface area contributed by atoms with E-state index in [-0.39, 0.29) is 0 Å². The molecule has 0 aliphatic carbocycles. The van der Waals surface area contributed by atoms with E-state index in [0.29, 0.717) is 0 Å². The molecular formula is C22H27N. The molecule has 0 unspecified atom stereocenters. The summed E-state index contributed by atoms with van der Waals surface area (Å²) >= 11 is 0. The molecule has 0 aliphatic heterocycles.